The topological polar surface area (TPSA) is 12.0 Å². The molecule has 0 saturated heterocycles. The Hall–Kier alpha value is -1.19. The summed E-state index contributed by atoms with van der Waals surface area (Å²) in [4.78, 5) is 0. The molecular weight excluding hydrogens is 245 g/mol. The number of rotatable bonds is 5. The highest BCUT2D eigenvalue weighted by atomic mass is 32.1. The summed E-state index contributed by atoms with van der Waals surface area (Å²) in [5, 5.41) is 7.54. The summed E-state index contributed by atoms with van der Waals surface area (Å²) in [7, 11) is 1.93. The molecule has 0 radical (unpaired) electrons. The molecule has 0 bridgehead atoms. The fourth-order valence-electron chi connectivity index (χ4n) is 2.19. The number of benzene rings is 1. The third-order valence-corrected chi connectivity index (χ3v) is 3.85. The Labute approximate surface area is 112 Å². The highest BCUT2D eigenvalue weighted by Crippen LogP contribution is 2.22. The fourth-order valence-corrected chi connectivity index (χ4v) is 2.89. The molecule has 1 heterocycles. The number of aryl methyl sites for hydroxylation is 2. The number of nitrogens with one attached hydrogen (secondary N) is 1. The van der Waals surface area contributed by atoms with Crippen LogP contribution in [0.15, 0.2) is 35.0 Å². The zero-order valence-electron chi connectivity index (χ0n) is 10.7. The molecule has 0 amide bonds. The number of hydrogen-bond donors (Lipinski definition) is 1. The lowest BCUT2D eigenvalue weighted by Gasteiger charge is -2.17. The van der Waals surface area contributed by atoms with Gasteiger partial charge in [-0.15, -0.1) is 0 Å². The maximum atomic E-state index is 13.4. The highest BCUT2D eigenvalue weighted by Gasteiger charge is 2.11. The minimum Gasteiger partial charge on any atom is -0.313 e. The van der Waals surface area contributed by atoms with Gasteiger partial charge in [0.2, 0.25) is 0 Å². The third-order valence-electron chi connectivity index (χ3n) is 3.12. The van der Waals surface area contributed by atoms with Gasteiger partial charge in [0, 0.05) is 6.04 Å². The zero-order chi connectivity index (χ0) is 13.0. The molecule has 18 heavy (non-hydrogen) atoms. The van der Waals surface area contributed by atoms with Gasteiger partial charge in [0.25, 0.3) is 0 Å². The number of halogens is 1. The van der Waals surface area contributed by atoms with Gasteiger partial charge in [-0.1, -0.05) is 6.07 Å². The Morgan fingerprint density at radius 2 is 2.17 bits per heavy atom. The molecule has 2 aromatic rings. The Balaban J connectivity index is 2.07. The van der Waals surface area contributed by atoms with Crippen LogP contribution in [0.4, 0.5) is 4.39 Å². The van der Waals surface area contributed by atoms with E-state index in [-0.39, 0.29) is 11.9 Å². The van der Waals surface area contributed by atoms with Crippen molar-refractivity contribution in [3.8, 4) is 0 Å². The van der Waals surface area contributed by atoms with Crippen LogP contribution in [0, 0.1) is 12.7 Å². The Kier molecular flexibility index (Phi) is 4.50. The van der Waals surface area contributed by atoms with Crippen molar-refractivity contribution < 1.29 is 4.39 Å². The first-order chi connectivity index (χ1) is 8.69. The minimum atomic E-state index is -0.152. The van der Waals surface area contributed by atoms with E-state index in [0.29, 0.717) is 0 Å². The van der Waals surface area contributed by atoms with E-state index in [0.717, 1.165) is 24.0 Å². The van der Waals surface area contributed by atoms with Crippen LogP contribution in [-0.2, 0) is 6.42 Å². The van der Waals surface area contributed by atoms with Crippen molar-refractivity contribution in [1.29, 1.82) is 0 Å². The van der Waals surface area contributed by atoms with E-state index in [2.05, 4.69) is 28.2 Å². The van der Waals surface area contributed by atoms with E-state index < -0.39 is 0 Å². The normalized spacial score (nSPS) is 12.6. The summed E-state index contributed by atoms with van der Waals surface area (Å²) in [6.45, 7) is 1.93. The Morgan fingerprint density at radius 3 is 2.78 bits per heavy atom. The van der Waals surface area contributed by atoms with Crippen LogP contribution in [0.1, 0.15) is 29.2 Å². The van der Waals surface area contributed by atoms with Crippen molar-refractivity contribution in [2.75, 3.05) is 7.05 Å². The summed E-state index contributed by atoms with van der Waals surface area (Å²) in [6.07, 6.45) is 2.00. The maximum Gasteiger partial charge on any atom is 0.123 e. The molecule has 0 aliphatic carbocycles. The quantitative estimate of drug-likeness (QED) is 0.856. The van der Waals surface area contributed by atoms with Gasteiger partial charge in [-0.25, -0.2) is 4.39 Å². The molecule has 1 N–H and O–H groups in total. The molecular formula is C15H18FNS. The molecule has 1 aromatic carbocycles. The zero-order valence-corrected chi connectivity index (χ0v) is 11.6. The minimum absolute atomic E-state index is 0.152. The molecule has 0 spiro atoms. The second kappa shape index (κ2) is 6.12. The molecule has 2 rings (SSSR count). The van der Waals surface area contributed by atoms with Crippen molar-refractivity contribution in [2.45, 2.75) is 25.8 Å². The van der Waals surface area contributed by atoms with E-state index in [1.54, 1.807) is 23.5 Å². The molecule has 1 aromatic heterocycles. The second-order valence-corrected chi connectivity index (χ2v) is 5.35. The van der Waals surface area contributed by atoms with Crippen molar-refractivity contribution in [3.63, 3.8) is 0 Å². The summed E-state index contributed by atoms with van der Waals surface area (Å²) in [5.74, 6) is -0.152. The van der Waals surface area contributed by atoms with Crippen molar-refractivity contribution in [3.05, 3.63) is 57.5 Å². The first kappa shape index (κ1) is 13.2. The van der Waals surface area contributed by atoms with E-state index in [1.165, 1.54) is 5.56 Å². The molecule has 1 nitrogen and oxygen atoms in total. The van der Waals surface area contributed by atoms with Crippen LogP contribution in [-0.4, -0.2) is 7.05 Å². The average molecular weight is 263 g/mol. The van der Waals surface area contributed by atoms with Crippen molar-refractivity contribution in [1.82, 2.24) is 5.32 Å². The molecule has 0 aliphatic rings. The van der Waals surface area contributed by atoms with Crippen LogP contribution in [0.3, 0.4) is 0 Å². The lowest BCUT2D eigenvalue weighted by molar-refractivity contribution is 0.542. The van der Waals surface area contributed by atoms with Crippen molar-refractivity contribution in [2.24, 2.45) is 0 Å². The van der Waals surface area contributed by atoms with Gasteiger partial charge in [-0.2, -0.15) is 11.3 Å². The first-order valence-electron chi connectivity index (χ1n) is 6.14. The molecule has 3 heteroatoms. The first-order valence-corrected chi connectivity index (χ1v) is 7.09. The maximum absolute atomic E-state index is 13.4. The predicted molar refractivity (Wildman–Crippen MR) is 75.6 cm³/mol. The van der Waals surface area contributed by atoms with Gasteiger partial charge >= 0.3 is 0 Å². The smallest absolute Gasteiger partial charge is 0.123 e. The number of thiophene rings is 1. The molecule has 1 unspecified atom stereocenters. The van der Waals surface area contributed by atoms with Crippen molar-refractivity contribution >= 4 is 11.3 Å². The lowest BCUT2D eigenvalue weighted by Crippen LogP contribution is -2.17. The average Bonchev–Trinajstić information content (AvgIpc) is 2.81. The summed E-state index contributed by atoms with van der Waals surface area (Å²) in [5.41, 5.74) is 3.36. The van der Waals surface area contributed by atoms with E-state index in [1.807, 2.05) is 14.0 Å². The van der Waals surface area contributed by atoms with E-state index in [4.69, 9.17) is 0 Å². The SMILES string of the molecule is CNC(CCc1ccsc1)c1cc(C)cc(F)c1. The van der Waals surface area contributed by atoms with Crippen LogP contribution < -0.4 is 5.32 Å². The Bertz CT molecular complexity index is 473. The molecule has 0 saturated carbocycles. The van der Waals surface area contributed by atoms with Crippen LogP contribution in [0.25, 0.3) is 0 Å². The molecule has 1 atom stereocenters. The molecule has 0 aliphatic heterocycles. The lowest BCUT2D eigenvalue weighted by atomic mass is 9.98. The molecule has 96 valence electrons. The predicted octanol–water partition coefficient (Wildman–Crippen LogP) is 4.09. The Morgan fingerprint density at radius 1 is 1.33 bits per heavy atom. The van der Waals surface area contributed by atoms with Crippen LogP contribution in [0.2, 0.25) is 0 Å². The van der Waals surface area contributed by atoms with Crippen LogP contribution >= 0.6 is 11.3 Å². The fraction of sp³-hybridized carbons (Fsp3) is 0.333. The van der Waals surface area contributed by atoms with Gasteiger partial charge in [-0.05, 0) is 72.5 Å². The highest BCUT2D eigenvalue weighted by molar-refractivity contribution is 7.07. The van der Waals surface area contributed by atoms with Gasteiger partial charge in [-0.3, -0.25) is 0 Å². The second-order valence-electron chi connectivity index (χ2n) is 4.57. The largest absolute Gasteiger partial charge is 0.313 e. The molecule has 0 fully saturated rings. The van der Waals surface area contributed by atoms with E-state index in [9.17, 15) is 4.39 Å². The summed E-state index contributed by atoms with van der Waals surface area (Å²) < 4.78 is 13.4. The van der Waals surface area contributed by atoms with Gasteiger partial charge < -0.3 is 5.32 Å². The summed E-state index contributed by atoms with van der Waals surface area (Å²) >= 11 is 1.72. The van der Waals surface area contributed by atoms with E-state index >= 15 is 0 Å². The van der Waals surface area contributed by atoms with Gasteiger partial charge in [0.15, 0.2) is 0 Å². The summed E-state index contributed by atoms with van der Waals surface area (Å²) in [6, 6.07) is 7.60. The van der Waals surface area contributed by atoms with Gasteiger partial charge in [0.1, 0.15) is 5.82 Å². The number of hydrogen-bond acceptors (Lipinski definition) is 2. The third kappa shape index (κ3) is 3.40. The standard InChI is InChI=1S/C15H18FNS/c1-11-7-13(9-14(16)8-11)15(17-2)4-3-12-5-6-18-10-12/h5-10,15,17H,3-4H2,1-2H3. The van der Waals surface area contributed by atoms with Crippen LogP contribution in [0.5, 0.6) is 0 Å². The monoisotopic (exact) mass is 263 g/mol. The van der Waals surface area contributed by atoms with Gasteiger partial charge in [0.05, 0.1) is 0 Å².